The van der Waals surface area contributed by atoms with Gasteiger partial charge in [0.1, 0.15) is 17.1 Å². The molecule has 7 heteroatoms. The zero-order valence-electron chi connectivity index (χ0n) is 21.1. The van der Waals surface area contributed by atoms with Crippen LogP contribution in [0.15, 0.2) is 54.6 Å². The number of nitrogens with one attached hydrogen (secondary N) is 1. The van der Waals surface area contributed by atoms with E-state index in [4.69, 9.17) is 5.10 Å². The van der Waals surface area contributed by atoms with Crippen LogP contribution in [-0.2, 0) is 11.3 Å². The molecule has 1 aliphatic carbocycles. The van der Waals surface area contributed by atoms with E-state index in [-0.39, 0.29) is 24.2 Å². The summed E-state index contributed by atoms with van der Waals surface area (Å²) < 4.78 is 16.6. The Balaban J connectivity index is 1.55. The molecular weight excluding hydrogens is 455 g/mol. The number of carbonyl (C=O) groups excluding carboxylic acids is 2. The van der Waals surface area contributed by atoms with Gasteiger partial charge in [-0.15, -0.1) is 0 Å². The first-order valence-electron chi connectivity index (χ1n) is 12.9. The number of carbonyl (C=O) groups is 2. The van der Waals surface area contributed by atoms with Gasteiger partial charge in [0.25, 0.3) is 5.91 Å². The maximum atomic E-state index is 15.0. The van der Waals surface area contributed by atoms with Crippen LogP contribution in [0.2, 0.25) is 0 Å². The van der Waals surface area contributed by atoms with Gasteiger partial charge in [0.05, 0.1) is 17.9 Å². The van der Waals surface area contributed by atoms with Crippen molar-refractivity contribution < 1.29 is 14.0 Å². The number of hydrogen-bond donors (Lipinski definition) is 1. The molecule has 2 aromatic carbocycles. The van der Waals surface area contributed by atoms with Crippen molar-refractivity contribution in [3.63, 3.8) is 0 Å². The lowest BCUT2D eigenvalue weighted by Crippen LogP contribution is -2.65. The minimum absolute atomic E-state index is 0.0645. The van der Waals surface area contributed by atoms with E-state index in [9.17, 15) is 9.59 Å². The highest BCUT2D eigenvalue weighted by molar-refractivity contribution is 6.12. The standard InChI is InChI=1S/C29H33FN4O2/c1-19(2)20-13-15-21(16-14-20)24-17-26-27(35)34(25-12-8-7-11-23(25)30)29(3,18-33(26)32-24)28(36)31-22-9-5-4-6-10-22/h7-8,11-17,19,22H,4-6,9-10,18H2,1-3H3,(H,31,36)/t29-/m0/s1. The molecule has 1 fully saturated rings. The molecular formula is C29H33FN4O2. The van der Waals surface area contributed by atoms with Crippen LogP contribution in [0.25, 0.3) is 11.3 Å². The molecule has 36 heavy (non-hydrogen) atoms. The van der Waals surface area contributed by atoms with Crippen LogP contribution in [0.3, 0.4) is 0 Å². The number of rotatable bonds is 5. The van der Waals surface area contributed by atoms with E-state index in [1.807, 2.05) is 12.1 Å². The fourth-order valence-electron chi connectivity index (χ4n) is 5.36. The monoisotopic (exact) mass is 488 g/mol. The summed E-state index contributed by atoms with van der Waals surface area (Å²) in [6.07, 6.45) is 5.14. The van der Waals surface area contributed by atoms with Crippen LogP contribution in [0.1, 0.15) is 74.8 Å². The average molecular weight is 489 g/mol. The minimum atomic E-state index is -1.34. The first-order chi connectivity index (χ1) is 17.3. The molecule has 2 aliphatic rings. The maximum absolute atomic E-state index is 15.0. The summed E-state index contributed by atoms with van der Waals surface area (Å²) in [5.74, 6) is -0.853. The Kier molecular flexibility index (Phi) is 6.41. The Morgan fingerprint density at radius 3 is 2.44 bits per heavy atom. The molecule has 0 bridgehead atoms. The molecule has 0 unspecified atom stereocenters. The van der Waals surface area contributed by atoms with Crippen LogP contribution in [0, 0.1) is 5.82 Å². The van der Waals surface area contributed by atoms with E-state index in [1.54, 1.807) is 35.9 Å². The van der Waals surface area contributed by atoms with Gasteiger partial charge in [-0.2, -0.15) is 5.10 Å². The van der Waals surface area contributed by atoms with Crippen LogP contribution >= 0.6 is 0 Å². The highest BCUT2D eigenvalue weighted by Gasteiger charge is 2.50. The summed E-state index contributed by atoms with van der Waals surface area (Å²) in [5.41, 5.74) is 1.85. The van der Waals surface area contributed by atoms with E-state index in [2.05, 4.69) is 31.3 Å². The topological polar surface area (TPSA) is 67.2 Å². The highest BCUT2D eigenvalue weighted by Crippen LogP contribution is 2.36. The smallest absolute Gasteiger partial charge is 0.277 e. The predicted octanol–water partition coefficient (Wildman–Crippen LogP) is 5.68. The second-order valence-corrected chi connectivity index (χ2v) is 10.5. The Morgan fingerprint density at radius 2 is 1.78 bits per heavy atom. The van der Waals surface area contributed by atoms with E-state index in [0.29, 0.717) is 17.3 Å². The summed E-state index contributed by atoms with van der Waals surface area (Å²) in [6, 6.07) is 16.0. The number of halogens is 1. The Morgan fingerprint density at radius 1 is 1.08 bits per heavy atom. The second-order valence-electron chi connectivity index (χ2n) is 10.5. The van der Waals surface area contributed by atoms with Crippen LogP contribution in [0.4, 0.5) is 10.1 Å². The van der Waals surface area contributed by atoms with Crippen molar-refractivity contribution >= 4 is 17.5 Å². The number of para-hydroxylation sites is 1. The maximum Gasteiger partial charge on any atom is 0.277 e. The Bertz CT molecular complexity index is 1280. The van der Waals surface area contributed by atoms with E-state index in [1.165, 1.54) is 23.0 Å². The summed E-state index contributed by atoms with van der Waals surface area (Å²) >= 11 is 0. The molecule has 5 rings (SSSR count). The number of aromatic nitrogens is 2. The van der Waals surface area contributed by atoms with Crippen molar-refractivity contribution in [1.82, 2.24) is 15.1 Å². The number of hydrogen-bond acceptors (Lipinski definition) is 3. The molecule has 1 saturated carbocycles. The molecule has 3 aromatic rings. The van der Waals surface area contributed by atoms with Gasteiger partial charge in [-0.1, -0.05) is 69.5 Å². The molecule has 1 N–H and O–H groups in total. The van der Waals surface area contributed by atoms with Gasteiger partial charge in [0.2, 0.25) is 5.91 Å². The first kappa shape index (κ1) is 24.2. The number of benzene rings is 2. The van der Waals surface area contributed by atoms with Gasteiger partial charge >= 0.3 is 0 Å². The molecule has 1 aromatic heterocycles. The minimum Gasteiger partial charge on any atom is -0.351 e. The molecule has 1 atom stereocenters. The van der Waals surface area contributed by atoms with E-state index < -0.39 is 17.3 Å². The zero-order chi connectivity index (χ0) is 25.4. The van der Waals surface area contributed by atoms with Crippen molar-refractivity contribution in [3.8, 4) is 11.3 Å². The third-order valence-electron chi connectivity index (χ3n) is 7.55. The normalized spacial score (nSPS) is 20.5. The van der Waals surface area contributed by atoms with Gasteiger partial charge in [-0.05, 0) is 49.4 Å². The lowest BCUT2D eigenvalue weighted by molar-refractivity contribution is -0.127. The molecule has 2 heterocycles. The lowest BCUT2D eigenvalue weighted by Gasteiger charge is -2.44. The number of fused-ring (bicyclic) bond motifs is 1. The lowest BCUT2D eigenvalue weighted by atomic mass is 9.91. The number of anilines is 1. The van der Waals surface area contributed by atoms with Gasteiger partial charge in [-0.25, -0.2) is 4.39 Å². The summed E-state index contributed by atoms with van der Waals surface area (Å²) in [7, 11) is 0. The fourth-order valence-corrected chi connectivity index (χ4v) is 5.36. The predicted molar refractivity (Wildman–Crippen MR) is 138 cm³/mol. The molecule has 0 saturated heterocycles. The third kappa shape index (κ3) is 4.31. The summed E-state index contributed by atoms with van der Waals surface area (Å²) in [5, 5.41) is 7.88. The SMILES string of the molecule is CC(C)c1ccc(-c2cc3n(n2)C[C@@](C)(C(=O)NC2CCCCC2)N(c2ccccc2F)C3=O)cc1. The van der Waals surface area contributed by atoms with E-state index in [0.717, 1.165) is 31.2 Å². The molecule has 2 amide bonds. The summed E-state index contributed by atoms with van der Waals surface area (Å²) in [4.78, 5) is 29.0. The van der Waals surface area contributed by atoms with Crippen molar-refractivity contribution in [1.29, 1.82) is 0 Å². The van der Waals surface area contributed by atoms with Gasteiger partial charge in [-0.3, -0.25) is 19.2 Å². The first-order valence-corrected chi connectivity index (χ1v) is 12.9. The average Bonchev–Trinajstić information content (AvgIpc) is 3.30. The van der Waals surface area contributed by atoms with E-state index >= 15 is 4.39 Å². The quantitative estimate of drug-likeness (QED) is 0.502. The number of nitrogens with zero attached hydrogens (tertiary/aromatic N) is 3. The molecule has 0 spiro atoms. The van der Waals surface area contributed by atoms with Crippen molar-refractivity contribution in [2.45, 2.75) is 76.9 Å². The van der Waals surface area contributed by atoms with Crippen LogP contribution < -0.4 is 10.2 Å². The third-order valence-corrected chi connectivity index (χ3v) is 7.55. The Labute approximate surface area is 211 Å². The van der Waals surface area contributed by atoms with Gasteiger partial charge < -0.3 is 5.32 Å². The second kappa shape index (κ2) is 9.52. The molecule has 0 radical (unpaired) electrons. The van der Waals surface area contributed by atoms with Crippen molar-refractivity contribution in [2.24, 2.45) is 0 Å². The van der Waals surface area contributed by atoms with Gasteiger partial charge in [0.15, 0.2) is 0 Å². The molecule has 1 aliphatic heterocycles. The van der Waals surface area contributed by atoms with Crippen molar-refractivity contribution in [3.05, 3.63) is 71.7 Å². The zero-order valence-corrected chi connectivity index (χ0v) is 21.1. The van der Waals surface area contributed by atoms with Crippen molar-refractivity contribution in [2.75, 3.05) is 4.90 Å². The Hall–Kier alpha value is -3.48. The fraction of sp³-hybridized carbons (Fsp3) is 0.414. The van der Waals surface area contributed by atoms with Crippen LogP contribution in [-0.4, -0.2) is 33.2 Å². The highest BCUT2D eigenvalue weighted by atomic mass is 19.1. The molecule has 6 nitrogen and oxygen atoms in total. The van der Waals surface area contributed by atoms with Gasteiger partial charge in [0, 0.05) is 11.6 Å². The molecule has 188 valence electrons. The van der Waals surface area contributed by atoms with Crippen LogP contribution in [0.5, 0.6) is 0 Å². The summed E-state index contributed by atoms with van der Waals surface area (Å²) in [6.45, 7) is 6.11. The largest absolute Gasteiger partial charge is 0.351 e. The number of amides is 2.